The maximum Gasteiger partial charge on any atom is 0.313 e. The van der Waals surface area contributed by atoms with Crippen LogP contribution in [0.4, 0.5) is 10.1 Å². The molecular formula is C16H14ClFN2O3. The standard InChI is InChI=1S/C16H14ClFN2O3/c17-13-9-11(3-6-14(13)18)20-16(23)15(22)19-8-7-10-1-4-12(21)5-2-10/h1-6,9,21H,7-8H2,(H,19,22)(H,20,23). The van der Waals surface area contributed by atoms with E-state index in [4.69, 9.17) is 16.7 Å². The summed E-state index contributed by atoms with van der Waals surface area (Å²) in [6, 6.07) is 10.2. The molecule has 7 heteroatoms. The number of hydrogen-bond acceptors (Lipinski definition) is 3. The van der Waals surface area contributed by atoms with Gasteiger partial charge < -0.3 is 15.7 Å². The zero-order valence-electron chi connectivity index (χ0n) is 12.0. The molecule has 2 aromatic rings. The van der Waals surface area contributed by atoms with Crippen LogP contribution in [0.5, 0.6) is 5.75 Å². The Kier molecular flexibility index (Phi) is 5.54. The van der Waals surface area contributed by atoms with Crippen LogP contribution in [-0.4, -0.2) is 23.5 Å². The Morgan fingerprint density at radius 3 is 2.43 bits per heavy atom. The molecule has 0 unspecified atom stereocenters. The van der Waals surface area contributed by atoms with Crippen LogP contribution < -0.4 is 10.6 Å². The highest BCUT2D eigenvalue weighted by molar-refractivity contribution is 6.39. The smallest absolute Gasteiger partial charge is 0.313 e. The van der Waals surface area contributed by atoms with Crippen molar-refractivity contribution in [3.63, 3.8) is 0 Å². The van der Waals surface area contributed by atoms with Gasteiger partial charge in [0.15, 0.2) is 0 Å². The number of phenols is 1. The Morgan fingerprint density at radius 2 is 1.78 bits per heavy atom. The van der Waals surface area contributed by atoms with E-state index in [2.05, 4.69) is 10.6 Å². The average molecular weight is 337 g/mol. The molecule has 0 aliphatic heterocycles. The monoisotopic (exact) mass is 336 g/mol. The van der Waals surface area contributed by atoms with E-state index in [0.717, 1.165) is 11.6 Å². The first kappa shape index (κ1) is 16.8. The van der Waals surface area contributed by atoms with E-state index in [0.29, 0.717) is 6.42 Å². The molecule has 5 nitrogen and oxygen atoms in total. The molecule has 23 heavy (non-hydrogen) atoms. The van der Waals surface area contributed by atoms with Crippen LogP contribution in [0.25, 0.3) is 0 Å². The molecule has 0 heterocycles. The SMILES string of the molecule is O=C(NCCc1ccc(O)cc1)C(=O)Nc1ccc(F)c(Cl)c1. The number of halogens is 2. The van der Waals surface area contributed by atoms with E-state index in [9.17, 15) is 14.0 Å². The van der Waals surface area contributed by atoms with Gasteiger partial charge in [-0.25, -0.2) is 4.39 Å². The minimum Gasteiger partial charge on any atom is -0.508 e. The molecule has 0 spiro atoms. The summed E-state index contributed by atoms with van der Waals surface area (Å²) in [6.07, 6.45) is 0.516. The lowest BCUT2D eigenvalue weighted by atomic mass is 10.1. The normalized spacial score (nSPS) is 10.2. The van der Waals surface area contributed by atoms with E-state index >= 15 is 0 Å². The minimum absolute atomic E-state index is 0.143. The fraction of sp³-hybridized carbons (Fsp3) is 0.125. The van der Waals surface area contributed by atoms with E-state index in [1.807, 2.05) is 0 Å². The van der Waals surface area contributed by atoms with Gasteiger partial charge >= 0.3 is 11.8 Å². The van der Waals surface area contributed by atoms with E-state index in [-0.39, 0.29) is 23.0 Å². The molecule has 0 saturated carbocycles. The first-order chi connectivity index (χ1) is 11.0. The van der Waals surface area contributed by atoms with Crippen molar-refractivity contribution in [1.82, 2.24) is 5.32 Å². The maximum atomic E-state index is 13.0. The molecule has 0 fully saturated rings. The molecule has 0 saturated heterocycles. The summed E-state index contributed by atoms with van der Waals surface area (Å²) < 4.78 is 13.0. The lowest BCUT2D eigenvalue weighted by Crippen LogP contribution is -2.36. The Balaban J connectivity index is 1.81. The third kappa shape index (κ3) is 4.96. The van der Waals surface area contributed by atoms with Crippen LogP contribution in [0.2, 0.25) is 5.02 Å². The molecule has 0 radical (unpaired) electrons. The van der Waals surface area contributed by atoms with Crippen LogP contribution in [0.1, 0.15) is 5.56 Å². The van der Waals surface area contributed by atoms with Gasteiger partial charge in [-0.2, -0.15) is 0 Å². The summed E-state index contributed by atoms with van der Waals surface area (Å²) in [4.78, 5) is 23.4. The van der Waals surface area contributed by atoms with E-state index in [1.54, 1.807) is 24.3 Å². The van der Waals surface area contributed by atoms with Crippen molar-refractivity contribution in [2.45, 2.75) is 6.42 Å². The van der Waals surface area contributed by atoms with Gasteiger partial charge in [0.05, 0.1) is 5.02 Å². The molecule has 0 aliphatic carbocycles. The van der Waals surface area contributed by atoms with Gasteiger partial charge in [0, 0.05) is 12.2 Å². The molecule has 3 N–H and O–H groups in total. The predicted octanol–water partition coefficient (Wildman–Crippen LogP) is 2.48. The highest BCUT2D eigenvalue weighted by Crippen LogP contribution is 2.19. The minimum atomic E-state index is -0.863. The average Bonchev–Trinajstić information content (AvgIpc) is 2.52. The highest BCUT2D eigenvalue weighted by Gasteiger charge is 2.13. The van der Waals surface area contributed by atoms with Crippen molar-refractivity contribution < 1.29 is 19.1 Å². The molecule has 0 atom stereocenters. The Morgan fingerprint density at radius 1 is 1.09 bits per heavy atom. The number of hydrogen-bond donors (Lipinski definition) is 3. The number of phenolic OH excluding ortho intramolecular Hbond substituents is 1. The van der Waals surface area contributed by atoms with Crippen LogP contribution in [0, 0.1) is 5.82 Å². The topological polar surface area (TPSA) is 78.4 Å². The number of amides is 2. The van der Waals surface area contributed by atoms with Crippen molar-refractivity contribution >= 4 is 29.1 Å². The van der Waals surface area contributed by atoms with Crippen molar-refractivity contribution in [2.75, 3.05) is 11.9 Å². The summed E-state index contributed by atoms with van der Waals surface area (Å²) in [6.45, 7) is 0.265. The summed E-state index contributed by atoms with van der Waals surface area (Å²) in [5.74, 6) is -2.11. The summed E-state index contributed by atoms with van der Waals surface area (Å²) >= 11 is 5.59. The molecule has 2 rings (SSSR count). The molecule has 2 aromatic carbocycles. The molecule has 0 bridgehead atoms. The summed E-state index contributed by atoms with van der Waals surface area (Å²) in [7, 11) is 0. The lowest BCUT2D eigenvalue weighted by Gasteiger charge is -2.07. The van der Waals surface area contributed by atoms with E-state index < -0.39 is 17.6 Å². The second-order valence-corrected chi connectivity index (χ2v) is 5.16. The third-order valence-corrected chi connectivity index (χ3v) is 3.31. The second kappa shape index (κ2) is 7.60. The zero-order valence-corrected chi connectivity index (χ0v) is 12.7. The largest absolute Gasteiger partial charge is 0.508 e. The summed E-state index contributed by atoms with van der Waals surface area (Å²) in [5, 5.41) is 13.8. The fourth-order valence-electron chi connectivity index (χ4n) is 1.83. The number of carbonyl (C=O) groups excluding carboxylic acids is 2. The quantitative estimate of drug-likeness (QED) is 0.751. The number of anilines is 1. The predicted molar refractivity (Wildman–Crippen MR) is 84.9 cm³/mol. The Hall–Kier alpha value is -2.60. The second-order valence-electron chi connectivity index (χ2n) is 4.76. The van der Waals surface area contributed by atoms with Crippen LogP contribution >= 0.6 is 11.6 Å². The van der Waals surface area contributed by atoms with Crippen molar-refractivity contribution in [2.24, 2.45) is 0 Å². The Labute approximate surface area is 137 Å². The molecular weight excluding hydrogens is 323 g/mol. The first-order valence-corrected chi connectivity index (χ1v) is 7.15. The molecule has 0 aliphatic rings. The number of aromatic hydroxyl groups is 1. The van der Waals surface area contributed by atoms with Gasteiger partial charge in [0.25, 0.3) is 0 Å². The van der Waals surface area contributed by atoms with E-state index in [1.165, 1.54) is 12.1 Å². The van der Waals surface area contributed by atoms with Crippen LogP contribution in [-0.2, 0) is 16.0 Å². The van der Waals surface area contributed by atoms with Gasteiger partial charge in [-0.1, -0.05) is 23.7 Å². The van der Waals surface area contributed by atoms with Crippen molar-refractivity contribution in [3.8, 4) is 5.75 Å². The highest BCUT2D eigenvalue weighted by atomic mass is 35.5. The number of carbonyl (C=O) groups is 2. The Bertz CT molecular complexity index is 720. The maximum absolute atomic E-state index is 13.0. The van der Waals surface area contributed by atoms with Crippen LogP contribution in [0.15, 0.2) is 42.5 Å². The van der Waals surface area contributed by atoms with Gasteiger partial charge in [-0.3, -0.25) is 9.59 Å². The van der Waals surface area contributed by atoms with Crippen molar-refractivity contribution in [1.29, 1.82) is 0 Å². The molecule has 0 aromatic heterocycles. The zero-order chi connectivity index (χ0) is 16.8. The number of nitrogens with one attached hydrogen (secondary N) is 2. The lowest BCUT2D eigenvalue weighted by molar-refractivity contribution is -0.136. The van der Waals surface area contributed by atoms with Gasteiger partial charge in [-0.15, -0.1) is 0 Å². The molecule has 2 amide bonds. The number of benzene rings is 2. The van der Waals surface area contributed by atoms with Gasteiger partial charge in [-0.05, 0) is 42.3 Å². The third-order valence-electron chi connectivity index (χ3n) is 3.02. The van der Waals surface area contributed by atoms with Gasteiger partial charge in [0.1, 0.15) is 11.6 Å². The summed E-state index contributed by atoms with van der Waals surface area (Å²) in [5.41, 5.74) is 1.14. The molecule has 120 valence electrons. The fourth-order valence-corrected chi connectivity index (χ4v) is 2.01. The van der Waals surface area contributed by atoms with Gasteiger partial charge in [0.2, 0.25) is 0 Å². The van der Waals surface area contributed by atoms with Crippen LogP contribution in [0.3, 0.4) is 0 Å². The number of rotatable bonds is 4. The van der Waals surface area contributed by atoms with Crippen molar-refractivity contribution in [3.05, 3.63) is 58.9 Å². The first-order valence-electron chi connectivity index (χ1n) is 6.78.